The minimum absolute atomic E-state index is 0.105. The van der Waals surface area contributed by atoms with E-state index in [0.29, 0.717) is 30.7 Å². The number of carbonyl (C=O) groups excluding carboxylic acids is 1. The Morgan fingerprint density at radius 3 is 2.50 bits per heavy atom. The molecule has 0 aromatic rings. The van der Waals surface area contributed by atoms with Crippen LogP contribution in [0.5, 0.6) is 0 Å². The van der Waals surface area contributed by atoms with Crippen LogP contribution in [0.4, 0.5) is 0 Å². The van der Waals surface area contributed by atoms with Crippen LogP contribution in [0.2, 0.25) is 0 Å². The van der Waals surface area contributed by atoms with Crippen molar-refractivity contribution in [3.8, 4) is 0 Å². The van der Waals surface area contributed by atoms with Gasteiger partial charge in [-0.1, -0.05) is 19.8 Å². The molecule has 2 unspecified atom stereocenters. The molecule has 1 saturated carbocycles. The Morgan fingerprint density at radius 1 is 1.20 bits per heavy atom. The Kier molecular flexibility index (Phi) is 6.30. The Balaban J connectivity index is 1.63. The molecule has 4 heteroatoms. The van der Waals surface area contributed by atoms with Gasteiger partial charge in [0.1, 0.15) is 0 Å². The van der Waals surface area contributed by atoms with Crippen LogP contribution in [0, 0.1) is 17.8 Å². The van der Waals surface area contributed by atoms with Crippen LogP contribution in [-0.4, -0.2) is 36.8 Å². The predicted molar refractivity (Wildman–Crippen MR) is 80.3 cm³/mol. The van der Waals surface area contributed by atoms with Gasteiger partial charge in [0.2, 0.25) is 5.91 Å². The molecule has 1 aliphatic heterocycles. The number of rotatable bonds is 6. The van der Waals surface area contributed by atoms with Crippen LogP contribution in [-0.2, 0) is 4.79 Å². The van der Waals surface area contributed by atoms with Crippen LogP contribution in [0.15, 0.2) is 0 Å². The van der Waals surface area contributed by atoms with Crippen molar-refractivity contribution in [2.24, 2.45) is 17.8 Å². The first-order valence-electron chi connectivity index (χ1n) is 8.32. The van der Waals surface area contributed by atoms with Crippen molar-refractivity contribution in [1.82, 2.24) is 10.6 Å². The first-order chi connectivity index (χ1) is 9.66. The van der Waals surface area contributed by atoms with E-state index in [1.807, 2.05) is 0 Å². The lowest BCUT2D eigenvalue weighted by Gasteiger charge is -2.28. The number of carbonyl (C=O) groups is 1. The molecule has 0 aromatic heterocycles. The van der Waals surface area contributed by atoms with Crippen LogP contribution in [0.25, 0.3) is 0 Å². The van der Waals surface area contributed by atoms with Crippen molar-refractivity contribution in [2.75, 3.05) is 19.6 Å². The number of aliphatic hydroxyl groups excluding tert-OH is 1. The number of aliphatic hydroxyl groups is 1. The Hall–Kier alpha value is -0.610. The summed E-state index contributed by atoms with van der Waals surface area (Å²) in [6, 6.07) is 0. The van der Waals surface area contributed by atoms with E-state index < -0.39 is 0 Å². The Bertz CT molecular complexity index is 297. The lowest BCUT2D eigenvalue weighted by Crippen LogP contribution is -2.37. The van der Waals surface area contributed by atoms with Gasteiger partial charge in [-0.3, -0.25) is 4.79 Å². The normalized spacial score (nSPS) is 24.5. The maximum absolute atomic E-state index is 12.0. The number of hydrogen-bond acceptors (Lipinski definition) is 3. The second-order valence-corrected chi connectivity index (χ2v) is 6.68. The Labute approximate surface area is 122 Å². The topological polar surface area (TPSA) is 61.4 Å². The molecular weight excluding hydrogens is 252 g/mol. The minimum atomic E-state index is -0.351. The number of hydrogen-bond donors (Lipinski definition) is 3. The summed E-state index contributed by atoms with van der Waals surface area (Å²) < 4.78 is 0. The summed E-state index contributed by atoms with van der Waals surface area (Å²) in [4.78, 5) is 12.0. The maximum Gasteiger partial charge on any atom is 0.220 e. The van der Waals surface area contributed by atoms with Crippen LogP contribution in [0.1, 0.15) is 51.9 Å². The van der Waals surface area contributed by atoms with Crippen molar-refractivity contribution in [1.29, 1.82) is 0 Å². The van der Waals surface area contributed by atoms with E-state index in [-0.39, 0.29) is 12.0 Å². The zero-order valence-corrected chi connectivity index (χ0v) is 12.7. The van der Waals surface area contributed by atoms with E-state index in [0.717, 1.165) is 25.9 Å². The second-order valence-electron chi connectivity index (χ2n) is 6.68. The highest BCUT2D eigenvalue weighted by Gasteiger charge is 2.25. The number of amides is 1. The molecule has 3 N–H and O–H groups in total. The monoisotopic (exact) mass is 282 g/mol. The maximum atomic E-state index is 12.0. The van der Waals surface area contributed by atoms with E-state index in [2.05, 4.69) is 17.6 Å². The van der Waals surface area contributed by atoms with Crippen LogP contribution in [0.3, 0.4) is 0 Å². The zero-order valence-electron chi connectivity index (χ0n) is 12.7. The third-order valence-electron chi connectivity index (χ3n) is 5.15. The summed E-state index contributed by atoms with van der Waals surface area (Å²) in [7, 11) is 0. The minimum Gasteiger partial charge on any atom is -0.391 e. The van der Waals surface area contributed by atoms with E-state index in [1.165, 1.54) is 25.7 Å². The zero-order chi connectivity index (χ0) is 14.4. The third kappa shape index (κ3) is 4.74. The van der Waals surface area contributed by atoms with Gasteiger partial charge in [-0.25, -0.2) is 0 Å². The van der Waals surface area contributed by atoms with Crippen molar-refractivity contribution < 1.29 is 9.90 Å². The largest absolute Gasteiger partial charge is 0.391 e. The molecule has 2 rings (SSSR count). The van der Waals surface area contributed by atoms with E-state index in [1.54, 1.807) is 0 Å². The lowest BCUT2D eigenvalue weighted by atomic mass is 9.84. The summed E-state index contributed by atoms with van der Waals surface area (Å²) >= 11 is 0. The average Bonchev–Trinajstić information content (AvgIpc) is 3.00. The lowest BCUT2D eigenvalue weighted by molar-refractivity contribution is -0.123. The van der Waals surface area contributed by atoms with Crippen LogP contribution < -0.4 is 10.6 Å². The SMILES string of the molecule is CC(CC(=O)NCC(O)C1CCCC1)C1CCNCC1. The summed E-state index contributed by atoms with van der Waals surface area (Å²) in [6.45, 7) is 4.78. The van der Waals surface area contributed by atoms with Gasteiger partial charge in [0, 0.05) is 13.0 Å². The van der Waals surface area contributed by atoms with E-state index in [9.17, 15) is 9.90 Å². The molecule has 0 spiro atoms. The summed E-state index contributed by atoms with van der Waals surface area (Å²) in [6.07, 6.45) is 7.28. The molecule has 1 heterocycles. The van der Waals surface area contributed by atoms with Gasteiger partial charge in [-0.05, 0) is 56.5 Å². The smallest absolute Gasteiger partial charge is 0.220 e. The molecule has 2 fully saturated rings. The quantitative estimate of drug-likeness (QED) is 0.694. The molecule has 0 bridgehead atoms. The van der Waals surface area contributed by atoms with Crippen molar-refractivity contribution in [3.05, 3.63) is 0 Å². The fourth-order valence-electron chi connectivity index (χ4n) is 3.67. The fraction of sp³-hybridized carbons (Fsp3) is 0.938. The second kappa shape index (κ2) is 7.99. The molecule has 2 atom stereocenters. The van der Waals surface area contributed by atoms with Gasteiger partial charge in [0.25, 0.3) is 0 Å². The highest BCUT2D eigenvalue weighted by Crippen LogP contribution is 2.27. The van der Waals surface area contributed by atoms with E-state index in [4.69, 9.17) is 0 Å². The summed E-state index contributed by atoms with van der Waals surface area (Å²) in [5, 5.41) is 16.3. The highest BCUT2D eigenvalue weighted by atomic mass is 16.3. The van der Waals surface area contributed by atoms with E-state index >= 15 is 0 Å². The molecule has 1 aliphatic carbocycles. The molecular formula is C16H30N2O2. The predicted octanol–water partition coefficient (Wildman–Crippen LogP) is 1.68. The van der Waals surface area contributed by atoms with Gasteiger partial charge in [0.05, 0.1) is 6.10 Å². The molecule has 1 saturated heterocycles. The third-order valence-corrected chi connectivity index (χ3v) is 5.15. The Morgan fingerprint density at radius 2 is 1.85 bits per heavy atom. The van der Waals surface area contributed by atoms with Crippen LogP contribution >= 0.6 is 0 Å². The van der Waals surface area contributed by atoms with Gasteiger partial charge < -0.3 is 15.7 Å². The average molecular weight is 282 g/mol. The summed E-state index contributed by atoms with van der Waals surface area (Å²) in [5.41, 5.74) is 0. The highest BCUT2D eigenvalue weighted by molar-refractivity contribution is 5.76. The molecule has 0 aromatic carbocycles. The molecule has 20 heavy (non-hydrogen) atoms. The molecule has 116 valence electrons. The van der Waals surface area contributed by atoms with Crippen molar-refractivity contribution in [3.63, 3.8) is 0 Å². The number of piperidine rings is 1. The number of nitrogens with one attached hydrogen (secondary N) is 2. The first-order valence-corrected chi connectivity index (χ1v) is 8.32. The van der Waals surface area contributed by atoms with Gasteiger partial charge >= 0.3 is 0 Å². The van der Waals surface area contributed by atoms with Crippen molar-refractivity contribution >= 4 is 5.91 Å². The molecule has 4 nitrogen and oxygen atoms in total. The van der Waals surface area contributed by atoms with Gasteiger partial charge in [0.15, 0.2) is 0 Å². The van der Waals surface area contributed by atoms with Gasteiger partial charge in [-0.15, -0.1) is 0 Å². The summed E-state index contributed by atoms with van der Waals surface area (Å²) in [5.74, 6) is 1.62. The molecule has 2 aliphatic rings. The first kappa shape index (κ1) is 15.8. The molecule has 0 radical (unpaired) electrons. The molecule has 1 amide bonds. The fourth-order valence-corrected chi connectivity index (χ4v) is 3.67. The standard InChI is InChI=1S/C16H30N2O2/c1-12(13-6-8-17-9-7-13)10-16(20)18-11-15(19)14-4-2-3-5-14/h12-15,17,19H,2-11H2,1H3,(H,18,20). The van der Waals surface area contributed by atoms with Gasteiger partial charge in [-0.2, -0.15) is 0 Å². The van der Waals surface area contributed by atoms with Crippen molar-refractivity contribution in [2.45, 2.75) is 58.0 Å².